The minimum Gasteiger partial charge on any atom is -0.550 e. The Morgan fingerprint density at radius 2 is 1.59 bits per heavy atom. The highest BCUT2D eigenvalue weighted by molar-refractivity contribution is 5.99. The van der Waals surface area contributed by atoms with Crippen LogP contribution in [0.5, 0.6) is 0 Å². The van der Waals surface area contributed by atoms with Gasteiger partial charge in [0.05, 0.1) is 0 Å². The SMILES string of the molecule is O=C([O-])[C@@H]1CCCC[C@H]1C(=O)c1ccccc1. The van der Waals surface area contributed by atoms with Crippen molar-refractivity contribution in [1.29, 1.82) is 0 Å². The molecule has 1 aliphatic rings. The Bertz CT molecular complexity index is 411. The smallest absolute Gasteiger partial charge is 0.166 e. The van der Waals surface area contributed by atoms with Crippen LogP contribution in [0.4, 0.5) is 0 Å². The van der Waals surface area contributed by atoms with Gasteiger partial charge in [-0.15, -0.1) is 0 Å². The summed E-state index contributed by atoms with van der Waals surface area (Å²) < 4.78 is 0. The van der Waals surface area contributed by atoms with Crippen molar-refractivity contribution in [2.75, 3.05) is 0 Å². The molecule has 0 N–H and O–H groups in total. The molecule has 90 valence electrons. The van der Waals surface area contributed by atoms with E-state index in [0.29, 0.717) is 18.4 Å². The van der Waals surface area contributed by atoms with Crippen LogP contribution in [0.3, 0.4) is 0 Å². The molecule has 2 atom stereocenters. The number of carboxylic acid groups (broad SMARTS) is 1. The van der Waals surface area contributed by atoms with Crippen molar-refractivity contribution in [2.45, 2.75) is 25.7 Å². The number of carbonyl (C=O) groups excluding carboxylic acids is 2. The molecule has 0 unspecified atom stereocenters. The molecule has 2 rings (SSSR count). The van der Waals surface area contributed by atoms with E-state index in [2.05, 4.69) is 0 Å². The Kier molecular flexibility index (Phi) is 3.57. The van der Waals surface area contributed by atoms with Crippen molar-refractivity contribution in [3.63, 3.8) is 0 Å². The zero-order chi connectivity index (χ0) is 12.3. The molecule has 1 fully saturated rings. The van der Waals surface area contributed by atoms with Crippen molar-refractivity contribution >= 4 is 11.8 Å². The van der Waals surface area contributed by atoms with E-state index < -0.39 is 17.8 Å². The van der Waals surface area contributed by atoms with Crippen LogP contribution >= 0.6 is 0 Å². The van der Waals surface area contributed by atoms with E-state index in [1.165, 1.54) is 0 Å². The van der Waals surface area contributed by atoms with Gasteiger partial charge in [-0.25, -0.2) is 0 Å². The van der Waals surface area contributed by atoms with Crippen molar-refractivity contribution < 1.29 is 14.7 Å². The topological polar surface area (TPSA) is 57.2 Å². The van der Waals surface area contributed by atoms with E-state index in [1.54, 1.807) is 24.3 Å². The average Bonchev–Trinajstić information content (AvgIpc) is 2.39. The Morgan fingerprint density at radius 3 is 2.18 bits per heavy atom. The molecule has 0 spiro atoms. The van der Waals surface area contributed by atoms with Gasteiger partial charge in [-0.05, 0) is 12.8 Å². The summed E-state index contributed by atoms with van der Waals surface area (Å²) in [4.78, 5) is 23.3. The van der Waals surface area contributed by atoms with Crippen LogP contribution in [-0.4, -0.2) is 11.8 Å². The van der Waals surface area contributed by atoms with E-state index in [0.717, 1.165) is 12.8 Å². The summed E-state index contributed by atoms with van der Waals surface area (Å²) in [5.74, 6) is -2.16. The number of rotatable bonds is 3. The summed E-state index contributed by atoms with van der Waals surface area (Å²) >= 11 is 0. The maximum absolute atomic E-state index is 12.2. The van der Waals surface area contributed by atoms with Gasteiger partial charge in [0, 0.05) is 23.4 Å². The van der Waals surface area contributed by atoms with Crippen LogP contribution in [-0.2, 0) is 4.79 Å². The summed E-state index contributed by atoms with van der Waals surface area (Å²) in [5, 5.41) is 11.0. The molecule has 1 aliphatic carbocycles. The molecule has 3 heteroatoms. The van der Waals surface area contributed by atoms with Crippen molar-refractivity contribution in [1.82, 2.24) is 0 Å². The highest BCUT2D eigenvalue weighted by Crippen LogP contribution is 2.32. The van der Waals surface area contributed by atoms with Crippen molar-refractivity contribution in [3.05, 3.63) is 35.9 Å². The summed E-state index contributed by atoms with van der Waals surface area (Å²) in [6.07, 6.45) is 3.02. The number of Topliss-reactive ketones (excluding diaryl/α,β-unsaturated/α-hetero) is 1. The monoisotopic (exact) mass is 231 g/mol. The quantitative estimate of drug-likeness (QED) is 0.739. The van der Waals surface area contributed by atoms with Gasteiger partial charge in [-0.2, -0.15) is 0 Å². The second kappa shape index (κ2) is 5.13. The standard InChI is InChI=1S/C14H16O3/c15-13(10-6-2-1-3-7-10)11-8-4-5-9-12(11)14(16)17/h1-3,6-7,11-12H,4-5,8-9H2,(H,16,17)/p-1/t11-,12-/m1/s1. The molecule has 0 saturated heterocycles. The Labute approximate surface area is 100 Å². The first-order valence-corrected chi connectivity index (χ1v) is 6.00. The fraction of sp³-hybridized carbons (Fsp3) is 0.429. The minimum absolute atomic E-state index is 0.0560. The first-order chi connectivity index (χ1) is 8.20. The second-order valence-electron chi connectivity index (χ2n) is 4.55. The predicted octanol–water partition coefficient (Wildman–Crippen LogP) is 1.43. The lowest BCUT2D eigenvalue weighted by atomic mass is 9.75. The summed E-state index contributed by atoms with van der Waals surface area (Å²) in [7, 11) is 0. The number of carbonyl (C=O) groups is 2. The van der Waals surface area contributed by atoms with Gasteiger partial charge >= 0.3 is 0 Å². The number of hydrogen-bond donors (Lipinski definition) is 0. The van der Waals surface area contributed by atoms with E-state index in [-0.39, 0.29) is 5.78 Å². The van der Waals surface area contributed by atoms with Crippen LogP contribution < -0.4 is 5.11 Å². The van der Waals surface area contributed by atoms with E-state index in [4.69, 9.17) is 0 Å². The Hall–Kier alpha value is -1.64. The third kappa shape index (κ3) is 2.54. The van der Waals surface area contributed by atoms with Crippen LogP contribution in [0, 0.1) is 11.8 Å². The molecule has 0 aromatic heterocycles. The van der Waals surface area contributed by atoms with Gasteiger partial charge in [0.25, 0.3) is 0 Å². The molecule has 0 heterocycles. The van der Waals surface area contributed by atoms with Gasteiger partial charge in [0.15, 0.2) is 5.78 Å². The molecule has 1 aromatic rings. The summed E-state index contributed by atoms with van der Waals surface area (Å²) in [6, 6.07) is 8.91. The zero-order valence-electron chi connectivity index (χ0n) is 9.59. The number of ketones is 1. The first-order valence-electron chi connectivity index (χ1n) is 6.00. The fourth-order valence-corrected chi connectivity index (χ4v) is 2.54. The fourth-order valence-electron chi connectivity index (χ4n) is 2.54. The molecule has 17 heavy (non-hydrogen) atoms. The van der Waals surface area contributed by atoms with Gasteiger partial charge in [-0.1, -0.05) is 43.2 Å². The number of carboxylic acids is 1. The van der Waals surface area contributed by atoms with Crippen LogP contribution in [0.2, 0.25) is 0 Å². The summed E-state index contributed by atoms with van der Waals surface area (Å²) in [6.45, 7) is 0. The molecule has 1 aromatic carbocycles. The van der Waals surface area contributed by atoms with Crippen molar-refractivity contribution in [3.8, 4) is 0 Å². The van der Waals surface area contributed by atoms with Crippen molar-refractivity contribution in [2.24, 2.45) is 11.8 Å². The normalized spacial score (nSPS) is 24.2. The van der Waals surface area contributed by atoms with Gasteiger partial charge < -0.3 is 9.90 Å². The molecular formula is C14H15O3-. The summed E-state index contributed by atoms with van der Waals surface area (Å²) in [5.41, 5.74) is 0.602. The molecule has 0 amide bonds. The third-order valence-corrected chi connectivity index (χ3v) is 3.46. The van der Waals surface area contributed by atoms with E-state index >= 15 is 0 Å². The van der Waals surface area contributed by atoms with Gasteiger partial charge in [0.1, 0.15) is 0 Å². The number of aliphatic carboxylic acids is 1. The molecule has 0 bridgehead atoms. The third-order valence-electron chi connectivity index (χ3n) is 3.46. The molecular weight excluding hydrogens is 216 g/mol. The predicted molar refractivity (Wildman–Crippen MR) is 61.2 cm³/mol. The van der Waals surface area contributed by atoms with E-state index in [1.807, 2.05) is 6.07 Å². The average molecular weight is 231 g/mol. The lowest BCUT2D eigenvalue weighted by molar-refractivity contribution is -0.313. The van der Waals surface area contributed by atoms with Gasteiger partial charge in [-0.3, -0.25) is 4.79 Å². The van der Waals surface area contributed by atoms with Crippen LogP contribution in [0.15, 0.2) is 30.3 Å². The Morgan fingerprint density at radius 1 is 1.00 bits per heavy atom. The highest BCUT2D eigenvalue weighted by atomic mass is 16.4. The largest absolute Gasteiger partial charge is 0.550 e. The lowest BCUT2D eigenvalue weighted by Crippen LogP contribution is -2.40. The molecule has 0 radical (unpaired) electrons. The van der Waals surface area contributed by atoms with Crippen LogP contribution in [0.25, 0.3) is 0 Å². The van der Waals surface area contributed by atoms with E-state index in [9.17, 15) is 14.7 Å². The molecule has 3 nitrogen and oxygen atoms in total. The Balaban J connectivity index is 2.20. The van der Waals surface area contributed by atoms with Gasteiger partial charge in [0.2, 0.25) is 0 Å². The molecule has 0 aliphatic heterocycles. The number of hydrogen-bond acceptors (Lipinski definition) is 3. The van der Waals surface area contributed by atoms with Crippen LogP contribution in [0.1, 0.15) is 36.0 Å². The minimum atomic E-state index is -1.08. The first kappa shape index (κ1) is 11.8. The highest BCUT2D eigenvalue weighted by Gasteiger charge is 2.31. The molecule has 1 saturated carbocycles. The number of benzene rings is 1. The maximum atomic E-state index is 12.2. The lowest BCUT2D eigenvalue weighted by Gasteiger charge is -2.31. The maximum Gasteiger partial charge on any atom is 0.166 e. The second-order valence-corrected chi connectivity index (χ2v) is 4.55. The zero-order valence-corrected chi connectivity index (χ0v) is 9.59.